The summed E-state index contributed by atoms with van der Waals surface area (Å²) in [4.78, 5) is 28.7. The molecule has 0 aliphatic rings. The SMILES string of the molecule is [C-]#[N+]c1cccc(-c2cc([N+](=O)[O-])c(C(C)C)[nH]c2=O)c1. The van der Waals surface area contributed by atoms with Crippen molar-refractivity contribution in [1.29, 1.82) is 0 Å². The van der Waals surface area contributed by atoms with Crippen molar-refractivity contribution in [2.75, 3.05) is 0 Å². The molecular formula is C15H13N3O3. The number of nitrogens with one attached hydrogen (secondary N) is 1. The Kier molecular flexibility index (Phi) is 3.85. The molecule has 2 rings (SSSR count). The second-order valence-electron chi connectivity index (χ2n) is 4.88. The number of aromatic nitrogens is 1. The summed E-state index contributed by atoms with van der Waals surface area (Å²) in [6.07, 6.45) is 0. The van der Waals surface area contributed by atoms with Crippen molar-refractivity contribution in [3.8, 4) is 11.1 Å². The Labute approximate surface area is 121 Å². The lowest BCUT2D eigenvalue weighted by Gasteiger charge is -2.08. The van der Waals surface area contributed by atoms with Crippen LogP contribution in [-0.4, -0.2) is 9.91 Å². The first-order valence-electron chi connectivity index (χ1n) is 6.33. The minimum absolute atomic E-state index is 0.118. The first-order valence-corrected chi connectivity index (χ1v) is 6.33. The van der Waals surface area contributed by atoms with Gasteiger partial charge in [0.2, 0.25) is 0 Å². The number of hydrogen-bond acceptors (Lipinski definition) is 3. The van der Waals surface area contributed by atoms with Crippen molar-refractivity contribution in [2.24, 2.45) is 0 Å². The van der Waals surface area contributed by atoms with Gasteiger partial charge in [0.1, 0.15) is 0 Å². The third-order valence-electron chi connectivity index (χ3n) is 3.11. The van der Waals surface area contributed by atoms with Crippen molar-refractivity contribution < 1.29 is 4.92 Å². The molecule has 1 N–H and O–H groups in total. The quantitative estimate of drug-likeness (QED) is 0.530. The molecule has 0 aliphatic carbocycles. The molecule has 1 heterocycles. The normalized spacial score (nSPS) is 10.4. The van der Waals surface area contributed by atoms with Crippen LogP contribution in [0.1, 0.15) is 25.5 Å². The number of rotatable bonds is 3. The molecular weight excluding hydrogens is 270 g/mol. The number of benzene rings is 1. The zero-order valence-corrected chi connectivity index (χ0v) is 11.6. The molecule has 0 fully saturated rings. The van der Waals surface area contributed by atoms with Crippen LogP contribution in [0.4, 0.5) is 11.4 Å². The van der Waals surface area contributed by atoms with Crippen LogP contribution in [0.3, 0.4) is 0 Å². The maximum absolute atomic E-state index is 12.2. The van der Waals surface area contributed by atoms with Gasteiger partial charge in [-0.3, -0.25) is 14.9 Å². The molecule has 0 saturated heterocycles. The van der Waals surface area contributed by atoms with Gasteiger partial charge in [-0.15, -0.1) is 0 Å². The number of nitro groups is 1. The lowest BCUT2D eigenvalue weighted by atomic mass is 10.0. The summed E-state index contributed by atoms with van der Waals surface area (Å²) in [5.74, 6) is -0.165. The first-order chi connectivity index (χ1) is 9.93. The smallest absolute Gasteiger partial charge is 0.289 e. The molecule has 106 valence electrons. The zero-order chi connectivity index (χ0) is 15.6. The molecule has 0 unspecified atom stereocenters. The summed E-state index contributed by atoms with van der Waals surface area (Å²) in [5, 5.41) is 11.2. The Balaban J connectivity index is 2.70. The zero-order valence-electron chi connectivity index (χ0n) is 11.6. The van der Waals surface area contributed by atoms with Gasteiger partial charge in [0, 0.05) is 12.0 Å². The highest BCUT2D eigenvalue weighted by molar-refractivity contribution is 5.70. The van der Waals surface area contributed by atoms with Crippen LogP contribution >= 0.6 is 0 Å². The lowest BCUT2D eigenvalue weighted by molar-refractivity contribution is -0.386. The summed E-state index contributed by atoms with van der Waals surface area (Å²) in [5.41, 5.74) is 0.844. The predicted molar refractivity (Wildman–Crippen MR) is 79.5 cm³/mol. The number of nitrogens with zero attached hydrogens (tertiary/aromatic N) is 2. The predicted octanol–water partition coefficient (Wildman–Crippen LogP) is 3.62. The fourth-order valence-corrected chi connectivity index (χ4v) is 2.08. The van der Waals surface area contributed by atoms with E-state index in [4.69, 9.17) is 6.57 Å². The summed E-state index contributed by atoms with van der Waals surface area (Å²) in [7, 11) is 0. The second-order valence-corrected chi connectivity index (χ2v) is 4.88. The molecule has 0 saturated carbocycles. The summed E-state index contributed by atoms with van der Waals surface area (Å²) in [6, 6.07) is 7.72. The molecule has 1 aromatic heterocycles. The van der Waals surface area contributed by atoms with E-state index in [0.717, 1.165) is 0 Å². The van der Waals surface area contributed by atoms with E-state index in [9.17, 15) is 14.9 Å². The van der Waals surface area contributed by atoms with Crippen LogP contribution in [0.2, 0.25) is 0 Å². The standard InChI is InChI=1S/C15H13N3O3/c1-9(2)14-13(18(20)21)8-12(15(19)17-14)10-5-4-6-11(7-10)16-3/h4-9H,1-2H3,(H,17,19). The molecule has 6 nitrogen and oxygen atoms in total. The molecule has 0 bridgehead atoms. The first kappa shape index (κ1) is 14.5. The van der Waals surface area contributed by atoms with Gasteiger partial charge in [0.05, 0.1) is 22.8 Å². The molecule has 0 radical (unpaired) electrons. The highest BCUT2D eigenvalue weighted by Crippen LogP contribution is 2.28. The number of H-pyrrole nitrogens is 1. The molecule has 0 atom stereocenters. The van der Waals surface area contributed by atoms with Crippen LogP contribution < -0.4 is 5.56 Å². The molecule has 2 aromatic rings. The Morgan fingerprint density at radius 3 is 2.62 bits per heavy atom. The summed E-state index contributed by atoms with van der Waals surface area (Å²) in [6.45, 7) is 10.5. The van der Waals surface area contributed by atoms with E-state index in [1.807, 2.05) is 0 Å². The average Bonchev–Trinajstić information content (AvgIpc) is 2.46. The largest absolute Gasteiger partial charge is 0.319 e. The van der Waals surface area contributed by atoms with Crippen molar-refractivity contribution in [1.82, 2.24) is 4.98 Å². The van der Waals surface area contributed by atoms with E-state index in [-0.39, 0.29) is 17.2 Å². The van der Waals surface area contributed by atoms with E-state index in [2.05, 4.69) is 9.83 Å². The number of aromatic amines is 1. The molecule has 6 heteroatoms. The van der Waals surface area contributed by atoms with Gasteiger partial charge < -0.3 is 4.98 Å². The highest BCUT2D eigenvalue weighted by atomic mass is 16.6. The van der Waals surface area contributed by atoms with Crippen molar-refractivity contribution >= 4 is 11.4 Å². The number of hydrogen-bond donors (Lipinski definition) is 1. The van der Waals surface area contributed by atoms with E-state index in [1.54, 1.807) is 32.0 Å². The van der Waals surface area contributed by atoms with Crippen molar-refractivity contribution in [2.45, 2.75) is 19.8 Å². The van der Waals surface area contributed by atoms with Crippen LogP contribution in [-0.2, 0) is 0 Å². The van der Waals surface area contributed by atoms with Crippen LogP contribution in [0.25, 0.3) is 16.0 Å². The molecule has 0 amide bonds. The van der Waals surface area contributed by atoms with E-state index < -0.39 is 10.5 Å². The Morgan fingerprint density at radius 2 is 2.05 bits per heavy atom. The highest BCUT2D eigenvalue weighted by Gasteiger charge is 2.20. The van der Waals surface area contributed by atoms with Gasteiger partial charge in [-0.25, -0.2) is 4.85 Å². The van der Waals surface area contributed by atoms with E-state index in [1.165, 1.54) is 12.1 Å². The molecule has 1 aromatic carbocycles. The van der Waals surface area contributed by atoms with Crippen LogP contribution in [0.15, 0.2) is 35.1 Å². The summed E-state index contributed by atoms with van der Waals surface area (Å²) < 4.78 is 0. The number of pyridine rings is 1. The van der Waals surface area contributed by atoms with Gasteiger partial charge >= 0.3 is 0 Å². The Morgan fingerprint density at radius 1 is 1.33 bits per heavy atom. The van der Waals surface area contributed by atoms with Crippen molar-refractivity contribution in [3.05, 3.63) is 67.9 Å². The third-order valence-corrected chi connectivity index (χ3v) is 3.11. The molecule has 0 spiro atoms. The van der Waals surface area contributed by atoms with Gasteiger partial charge in [-0.05, 0) is 11.6 Å². The monoisotopic (exact) mass is 283 g/mol. The average molecular weight is 283 g/mol. The van der Waals surface area contributed by atoms with Crippen molar-refractivity contribution in [3.63, 3.8) is 0 Å². The third kappa shape index (κ3) is 2.82. The maximum atomic E-state index is 12.2. The molecule has 0 aliphatic heterocycles. The summed E-state index contributed by atoms with van der Waals surface area (Å²) >= 11 is 0. The van der Waals surface area contributed by atoms with E-state index in [0.29, 0.717) is 16.9 Å². The lowest BCUT2D eigenvalue weighted by Crippen LogP contribution is -2.14. The topological polar surface area (TPSA) is 80.4 Å². The fourth-order valence-electron chi connectivity index (χ4n) is 2.08. The van der Waals surface area contributed by atoms with Gasteiger partial charge in [0.15, 0.2) is 5.69 Å². The maximum Gasteiger partial charge on any atom is 0.289 e. The van der Waals surface area contributed by atoms with Gasteiger partial charge in [-0.1, -0.05) is 32.0 Å². The van der Waals surface area contributed by atoms with Gasteiger partial charge in [-0.2, -0.15) is 0 Å². The Hall–Kier alpha value is -2.94. The fraction of sp³-hybridized carbons (Fsp3) is 0.200. The minimum Gasteiger partial charge on any atom is -0.319 e. The van der Waals surface area contributed by atoms with Crippen LogP contribution in [0, 0.1) is 16.7 Å². The van der Waals surface area contributed by atoms with E-state index >= 15 is 0 Å². The minimum atomic E-state index is -0.506. The Bertz CT molecular complexity index is 801. The van der Waals surface area contributed by atoms with Gasteiger partial charge in [0.25, 0.3) is 11.2 Å². The molecule has 21 heavy (non-hydrogen) atoms. The van der Waals surface area contributed by atoms with Crippen LogP contribution in [0.5, 0.6) is 0 Å². The second kappa shape index (κ2) is 5.59.